The first-order chi connectivity index (χ1) is 16.7. The number of nitrogens with zero attached hydrogens (tertiary/aromatic N) is 5. The van der Waals surface area contributed by atoms with Crippen molar-refractivity contribution >= 4 is 28.4 Å². The molecule has 0 radical (unpaired) electrons. The minimum absolute atomic E-state index is 0. The molecule has 5 rings (SSSR count). The third-order valence-electron chi connectivity index (χ3n) is 6.77. The minimum atomic E-state index is -1.36. The van der Waals surface area contributed by atoms with Crippen molar-refractivity contribution in [2.45, 2.75) is 32.6 Å². The van der Waals surface area contributed by atoms with Gasteiger partial charge in [0.2, 0.25) is 0 Å². The molecule has 1 aliphatic rings. The van der Waals surface area contributed by atoms with E-state index in [1.165, 1.54) is 16.8 Å². The zero-order valence-corrected chi connectivity index (χ0v) is 21.1. The fourth-order valence-electron chi connectivity index (χ4n) is 4.94. The molecule has 0 unspecified atom stereocenters. The average Bonchev–Trinajstić information content (AvgIpc) is 3.06. The fraction of sp³-hybridized carbons (Fsp3) is 0.308. The van der Waals surface area contributed by atoms with E-state index in [2.05, 4.69) is 29.8 Å². The number of hydrogen-bond acceptors (Lipinski definition) is 6. The van der Waals surface area contributed by atoms with Gasteiger partial charge in [-0.1, -0.05) is 13.8 Å². The van der Waals surface area contributed by atoms with Gasteiger partial charge >= 0.3 is 24.6 Å². The van der Waals surface area contributed by atoms with Crippen molar-refractivity contribution in [2.24, 2.45) is 14.1 Å². The van der Waals surface area contributed by atoms with E-state index in [-0.39, 0.29) is 41.7 Å². The van der Waals surface area contributed by atoms with Crippen LogP contribution in [0.15, 0.2) is 52.3 Å². The van der Waals surface area contributed by atoms with Crippen LogP contribution in [0.2, 0.25) is 0 Å². The summed E-state index contributed by atoms with van der Waals surface area (Å²) in [6, 6.07) is 8.63. The molecule has 0 spiro atoms. The summed E-state index contributed by atoms with van der Waals surface area (Å²) in [4.78, 5) is 42.8. The smallest absolute Gasteiger partial charge is 0.543 e. The molecule has 1 aromatic carbocycles. The molecular formula is C26H26LiN5O4. The van der Waals surface area contributed by atoms with Gasteiger partial charge in [0.1, 0.15) is 0 Å². The van der Waals surface area contributed by atoms with Gasteiger partial charge in [0.25, 0.3) is 5.56 Å². The topological polar surface area (TPSA) is 105 Å². The molecule has 180 valence electrons. The summed E-state index contributed by atoms with van der Waals surface area (Å²) in [5.41, 5.74) is 5.66. The Morgan fingerprint density at radius 1 is 1.06 bits per heavy atom. The number of anilines is 2. The number of imidazole rings is 1. The van der Waals surface area contributed by atoms with Crippen molar-refractivity contribution in [3.05, 3.63) is 80.4 Å². The standard InChI is InChI=1S/C26H27N5O4.Li/c1-15(2)19-10-18(11-22-24(19)29(4)26(35)28(22)3)30-9-5-6-16-14-31(23(32)12-21(16)30)17-7-8-20(25(33)34)27-13-17;/h7-8,10-15H,5-6,9H2,1-4H3,(H,33,34);/q;+1/p-1. The molecule has 1 aliphatic heterocycles. The Morgan fingerprint density at radius 2 is 1.81 bits per heavy atom. The second-order valence-electron chi connectivity index (χ2n) is 9.29. The Kier molecular flexibility index (Phi) is 6.73. The Hall–Kier alpha value is -3.54. The van der Waals surface area contributed by atoms with Crippen molar-refractivity contribution in [3.63, 3.8) is 0 Å². The molecule has 0 atom stereocenters. The van der Waals surface area contributed by atoms with Gasteiger partial charge in [-0.2, -0.15) is 0 Å². The molecule has 0 N–H and O–H groups in total. The molecule has 4 aromatic rings. The van der Waals surface area contributed by atoms with Crippen LogP contribution < -0.4 is 40.1 Å². The van der Waals surface area contributed by atoms with Crippen LogP contribution in [0.25, 0.3) is 16.7 Å². The molecule has 3 aromatic heterocycles. The van der Waals surface area contributed by atoms with Crippen molar-refractivity contribution in [1.29, 1.82) is 0 Å². The number of fused-ring (bicyclic) bond motifs is 2. The number of carboxylic acid groups (broad SMARTS) is 1. The Bertz CT molecular complexity index is 1600. The van der Waals surface area contributed by atoms with E-state index in [1.807, 2.05) is 6.07 Å². The van der Waals surface area contributed by atoms with E-state index < -0.39 is 5.97 Å². The van der Waals surface area contributed by atoms with Crippen LogP contribution in [-0.2, 0) is 20.5 Å². The summed E-state index contributed by atoms with van der Waals surface area (Å²) in [7, 11) is 3.57. The number of carbonyl (C=O) groups is 1. The van der Waals surface area contributed by atoms with Crippen LogP contribution in [-0.4, -0.2) is 31.2 Å². The predicted octanol–water partition coefficient (Wildman–Crippen LogP) is -1.00. The summed E-state index contributed by atoms with van der Waals surface area (Å²) in [5.74, 6) is -1.15. The van der Waals surface area contributed by atoms with Gasteiger partial charge in [0.15, 0.2) is 0 Å². The quantitative estimate of drug-likeness (QED) is 0.348. The van der Waals surface area contributed by atoms with Crippen molar-refractivity contribution < 1.29 is 28.8 Å². The minimum Gasteiger partial charge on any atom is -0.543 e. The first kappa shape index (κ1) is 25.5. The molecule has 0 amide bonds. The molecule has 10 heteroatoms. The van der Waals surface area contributed by atoms with Crippen LogP contribution in [0, 0.1) is 0 Å². The van der Waals surface area contributed by atoms with E-state index in [4.69, 9.17) is 0 Å². The van der Waals surface area contributed by atoms with Crippen molar-refractivity contribution in [2.75, 3.05) is 11.4 Å². The van der Waals surface area contributed by atoms with E-state index in [0.29, 0.717) is 5.69 Å². The monoisotopic (exact) mass is 479 g/mol. The second kappa shape index (κ2) is 9.49. The first-order valence-electron chi connectivity index (χ1n) is 11.6. The molecule has 0 bridgehead atoms. The number of rotatable bonds is 4. The zero-order chi connectivity index (χ0) is 25.0. The van der Waals surface area contributed by atoms with Gasteiger partial charge in [0, 0.05) is 38.6 Å². The number of carboxylic acids is 1. The van der Waals surface area contributed by atoms with Gasteiger partial charge < -0.3 is 14.8 Å². The molecule has 9 nitrogen and oxygen atoms in total. The number of benzene rings is 1. The molecule has 0 saturated carbocycles. The summed E-state index contributed by atoms with van der Waals surface area (Å²) >= 11 is 0. The maximum Gasteiger partial charge on any atom is 1.00 e. The average molecular weight is 479 g/mol. The maximum absolute atomic E-state index is 13.1. The van der Waals surface area contributed by atoms with E-state index >= 15 is 0 Å². The van der Waals surface area contributed by atoms with Crippen LogP contribution in [0.4, 0.5) is 11.4 Å². The summed E-state index contributed by atoms with van der Waals surface area (Å²) < 4.78 is 4.84. The van der Waals surface area contributed by atoms with Crippen LogP contribution >= 0.6 is 0 Å². The van der Waals surface area contributed by atoms with Crippen LogP contribution in [0.3, 0.4) is 0 Å². The number of aromatic carboxylic acids is 1. The van der Waals surface area contributed by atoms with Crippen LogP contribution in [0.5, 0.6) is 0 Å². The molecule has 0 saturated heterocycles. The molecular weight excluding hydrogens is 453 g/mol. The summed E-state index contributed by atoms with van der Waals surface area (Å²) in [5, 5.41) is 11.0. The van der Waals surface area contributed by atoms with E-state index in [1.54, 1.807) is 41.6 Å². The van der Waals surface area contributed by atoms with Gasteiger partial charge in [-0.25, -0.2) is 4.79 Å². The predicted molar refractivity (Wildman–Crippen MR) is 132 cm³/mol. The first-order valence-corrected chi connectivity index (χ1v) is 11.6. The normalized spacial score (nSPS) is 13.1. The Morgan fingerprint density at radius 3 is 2.44 bits per heavy atom. The van der Waals surface area contributed by atoms with Gasteiger partial charge in [-0.15, -0.1) is 0 Å². The number of aromatic nitrogens is 4. The number of hydrogen-bond donors (Lipinski definition) is 0. The van der Waals surface area contributed by atoms with Crippen LogP contribution in [0.1, 0.15) is 47.8 Å². The van der Waals surface area contributed by atoms with E-state index in [9.17, 15) is 19.5 Å². The maximum atomic E-state index is 13.1. The summed E-state index contributed by atoms with van der Waals surface area (Å²) in [6.07, 6.45) is 4.87. The van der Waals surface area contributed by atoms with Gasteiger partial charge in [0.05, 0.1) is 40.3 Å². The SMILES string of the molecule is CC(C)c1cc(N2CCCc3cn(-c4ccc(C(=O)[O-])nc4)c(=O)cc32)cc2c1n(C)c(=O)n2C.[Li+]. The molecule has 0 aliphatic carbocycles. The van der Waals surface area contributed by atoms with Gasteiger partial charge in [-0.3, -0.25) is 23.5 Å². The van der Waals surface area contributed by atoms with E-state index in [0.717, 1.165) is 52.9 Å². The Balaban J connectivity index is 0.00000304. The zero-order valence-electron chi connectivity index (χ0n) is 21.1. The largest absolute Gasteiger partial charge is 1.00 e. The number of pyridine rings is 2. The molecule has 36 heavy (non-hydrogen) atoms. The van der Waals surface area contributed by atoms with Crippen molar-refractivity contribution in [3.8, 4) is 5.69 Å². The molecule has 0 fully saturated rings. The summed E-state index contributed by atoms with van der Waals surface area (Å²) in [6.45, 7) is 4.97. The second-order valence-corrected chi connectivity index (χ2v) is 9.29. The molecule has 4 heterocycles. The fourth-order valence-corrected chi connectivity index (χ4v) is 4.94. The third kappa shape index (κ3) is 4.08. The number of carbonyl (C=O) groups excluding carboxylic acids is 1. The number of aryl methyl sites for hydroxylation is 3. The third-order valence-corrected chi connectivity index (χ3v) is 6.77. The van der Waals surface area contributed by atoms with Gasteiger partial charge in [-0.05, 0) is 54.2 Å². The Labute approximate surface area is 219 Å². The van der Waals surface area contributed by atoms with Crippen molar-refractivity contribution in [1.82, 2.24) is 18.7 Å².